The van der Waals surface area contributed by atoms with E-state index in [9.17, 15) is 4.79 Å². The minimum atomic E-state index is 0.0625. The first kappa shape index (κ1) is 10.6. The molecule has 0 N–H and O–H groups in total. The molecule has 2 unspecified atom stereocenters. The van der Waals surface area contributed by atoms with Gasteiger partial charge in [-0.3, -0.25) is 4.79 Å². The molecule has 1 fully saturated rings. The fourth-order valence-electron chi connectivity index (χ4n) is 2.22. The van der Waals surface area contributed by atoms with Crippen molar-refractivity contribution in [2.45, 2.75) is 12.3 Å². The normalized spacial score (nSPS) is 22.4. The lowest BCUT2D eigenvalue weighted by atomic mass is 10.1. The second kappa shape index (κ2) is 4.04. The average molecular weight is 247 g/mol. The fraction of sp³-hybridized carbons (Fsp3) is 0.214. The van der Waals surface area contributed by atoms with Gasteiger partial charge in [0.1, 0.15) is 0 Å². The molecule has 0 aliphatic heterocycles. The Balaban J connectivity index is 1.78. The smallest absolute Gasteiger partial charge is 0.203 e. The number of hydrogen-bond acceptors (Lipinski definition) is 2. The van der Waals surface area contributed by atoms with Gasteiger partial charge < -0.3 is 4.42 Å². The largest absolute Gasteiger partial charge is 0.452 e. The molecule has 1 aliphatic carbocycles. The van der Waals surface area contributed by atoms with E-state index in [1.165, 1.54) is 11.8 Å². The van der Waals surface area contributed by atoms with Crippen LogP contribution in [0.25, 0.3) is 0 Å². The minimum absolute atomic E-state index is 0.0625. The van der Waals surface area contributed by atoms with Crippen LogP contribution in [0.3, 0.4) is 0 Å². The predicted octanol–water partition coefficient (Wildman–Crippen LogP) is 3.92. The van der Waals surface area contributed by atoms with Crippen LogP contribution in [-0.4, -0.2) is 5.78 Å². The van der Waals surface area contributed by atoms with Crippen LogP contribution in [0.5, 0.6) is 0 Å². The Labute approximate surface area is 104 Å². The van der Waals surface area contributed by atoms with E-state index in [1.54, 1.807) is 6.07 Å². The molecule has 0 radical (unpaired) electrons. The highest BCUT2D eigenvalue weighted by Gasteiger charge is 2.44. The first-order valence-corrected chi connectivity index (χ1v) is 5.97. The number of halogens is 1. The molecule has 1 saturated carbocycles. The fourth-order valence-corrected chi connectivity index (χ4v) is 2.43. The van der Waals surface area contributed by atoms with Crippen LogP contribution in [0.1, 0.15) is 28.3 Å². The number of Topliss-reactive ketones (excluding diaryl/α,β-unsaturated/α-hetero) is 1. The predicted molar refractivity (Wildman–Crippen MR) is 65.3 cm³/mol. The van der Waals surface area contributed by atoms with Crippen molar-refractivity contribution >= 4 is 17.4 Å². The Morgan fingerprint density at radius 3 is 2.65 bits per heavy atom. The van der Waals surface area contributed by atoms with E-state index < -0.39 is 0 Å². The highest BCUT2D eigenvalue weighted by atomic mass is 35.5. The SMILES string of the molecule is O=C(c1ccoc1Cl)C1CC1c1ccccc1. The molecule has 2 atom stereocenters. The monoisotopic (exact) mass is 246 g/mol. The highest BCUT2D eigenvalue weighted by molar-refractivity contribution is 6.32. The van der Waals surface area contributed by atoms with Crippen LogP contribution >= 0.6 is 11.6 Å². The van der Waals surface area contributed by atoms with Gasteiger partial charge in [0.15, 0.2) is 5.78 Å². The summed E-state index contributed by atoms with van der Waals surface area (Å²) >= 11 is 5.81. The number of hydrogen-bond donors (Lipinski definition) is 0. The van der Waals surface area contributed by atoms with Crippen molar-refractivity contribution in [2.75, 3.05) is 0 Å². The van der Waals surface area contributed by atoms with Crippen molar-refractivity contribution in [1.82, 2.24) is 0 Å². The maximum Gasteiger partial charge on any atom is 0.203 e. The summed E-state index contributed by atoms with van der Waals surface area (Å²) in [5, 5.41) is 0.203. The third kappa shape index (κ3) is 1.89. The topological polar surface area (TPSA) is 30.2 Å². The van der Waals surface area contributed by atoms with Gasteiger partial charge in [0.2, 0.25) is 5.22 Å². The Morgan fingerprint density at radius 2 is 2.00 bits per heavy atom. The molecular formula is C14H11ClO2. The zero-order chi connectivity index (χ0) is 11.8. The quantitative estimate of drug-likeness (QED) is 0.769. The summed E-state index contributed by atoms with van der Waals surface area (Å²) in [5.74, 6) is 0.500. The molecule has 2 aromatic rings. The van der Waals surface area contributed by atoms with E-state index in [2.05, 4.69) is 12.1 Å². The zero-order valence-corrected chi connectivity index (χ0v) is 9.85. The van der Waals surface area contributed by atoms with Crippen molar-refractivity contribution in [3.8, 4) is 0 Å². The van der Waals surface area contributed by atoms with Gasteiger partial charge in [-0.2, -0.15) is 0 Å². The molecule has 1 aromatic carbocycles. The molecule has 1 heterocycles. The maximum atomic E-state index is 12.1. The van der Waals surface area contributed by atoms with E-state index in [-0.39, 0.29) is 16.9 Å². The van der Waals surface area contributed by atoms with Crippen LogP contribution in [0.15, 0.2) is 47.1 Å². The average Bonchev–Trinajstić information content (AvgIpc) is 3.05. The molecule has 0 bridgehead atoms. The minimum Gasteiger partial charge on any atom is -0.452 e. The molecule has 0 saturated heterocycles. The van der Waals surface area contributed by atoms with E-state index in [1.807, 2.05) is 18.2 Å². The number of carbonyl (C=O) groups is 1. The Kier molecular flexibility index (Phi) is 2.52. The molecule has 0 spiro atoms. The summed E-state index contributed by atoms with van der Waals surface area (Å²) in [5.41, 5.74) is 1.74. The Morgan fingerprint density at radius 1 is 1.24 bits per heavy atom. The van der Waals surface area contributed by atoms with Crippen molar-refractivity contribution in [3.63, 3.8) is 0 Å². The molecule has 3 heteroatoms. The highest BCUT2D eigenvalue weighted by Crippen LogP contribution is 2.49. The van der Waals surface area contributed by atoms with E-state index in [0.29, 0.717) is 11.5 Å². The van der Waals surface area contributed by atoms with Crippen molar-refractivity contribution in [1.29, 1.82) is 0 Å². The van der Waals surface area contributed by atoms with Crippen molar-refractivity contribution < 1.29 is 9.21 Å². The van der Waals surface area contributed by atoms with Gasteiger partial charge in [0.25, 0.3) is 0 Å². The maximum absolute atomic E-state index is 12.1. The van der Waals surface area contributed by atoms with Gasteiger partial charge in [-0.25, -0.2) is 0 Å². The molecule has 86 valence electrons. The lowest BCUT2D eigenvalue weighted by molar-refractivity contribution is 0.0965. The van der Waals surface area contributed by atoms with Crippen LogP contribution in [0.4, 0.5) is 0 Å². The Hall–Kier alpha value is -1.54. The number of furan rings is 1. The second-order valence-corrected chi connectivity index (χ2v) is 4.67. The zero-order valence-electron chi connectivity index (χ0n) is 9.10. The summed E-state index contributed by atoms with van der Waals surface area (Å²) in [6.07, 6.45) is 2.36. The van der Waals surface area contributed by atoms with Gasteiger partial charge in [-0.15, -0.1) is 0 Å². The van der Waals surface area contributed by atoms with E-state index in [0.717, 1.165) is 6.42 Å². The molecule has 3 rings (SSSR count). The van der Waals surface area contributed by atoms with Crippen molar-refractivity contribution in [2.24, 2.45) is 5.92 Å². The molecule has 2 nitrogen and oxygen atoms in total. The van der Waals surface area contributed by atoms with Gasteiger partial charge in [0, 0.05) is 5.92 Å². The van der Waals surface area contributed by atoms with Gasteiger partial charge >= 0.3 is 0 Å². The standard InChI is InChI=1S/C14H11ClO2/c15-14-10(6-7-17-14)13(16)12-8-11(12)9-4-2-1-3-5-9/h1-7,11-12H,8H2. The van der Waals surface area contributed by atoms with Crippen LogP contribution in [0.2, 0.25) is 5.22 Å². The first-order chi connectivity index (χ1) is 8.27. The summed E-state index contributed by atoms with van der Waals surface area (Å²) in [7, 11) is 0. The number of rotatable bonds is 3. The number of ketones is 1. The molecule has 0 amide bonds. The van der Waals surface area contributed by atoms with Crippen molar-refractivity contribution in [3.05, 3.63) is 59.0 Å². The van der Waals surface area contributed by atoms with Gasteiger partial charge in [-0.05, 0) is 35.6 Å². The summed E-state index contributed by atoms with van der Waals surface area (Å²) in [6.45, 7) is 0. The Bertz CT molecular complexity index is 544. The molecule has 17 heavy (non-hydrogen) atoms. The third-order valence-corrected chi connectivity index (χ3v) is 3.53. The first-order valence-electron chi connectivity index (χ1n) is 5.59. The second-order valence-electron chi connectivity index (χ2n) is 4.33. The summed E-state index contributed by atoms with van der Waals surface area (Å²) in [4.78, 5) is 12.1. The molecule has 1 aromatic heterocycles. The summed E-state index contributed by atoms with van der Waals surface area (Å²) < 4.78 is 4.95. The van der Waals surface area contributed by atoms with E-state index in [4.69, 9.17) is 16.0 Å². The van der Waals surface area contributed by atoms with E-state index >= 15 is 0 Å². The lowest BCUT2D eigenvalue weighted by Gasteiger charge is -1.99. The van der Waals surface area contributed by atoms with Crippen LogP contribution in [0, 0.1) is 5.92 Å². The molecular weight excluding hydrogens is 236 g/mol. The van der Waals surface area contributed by atoms with Gasteiger partial charge in [0.05, 0.1) is 11.8 Å². The number of benzene rings is 1. The lowest BCUT2D eigenvalue weighted by Crippen LogP contribution is -2.02. The van der Waals surface area contributed by atoms with Crippen LogP contribution in [-0.2, 0) is 0 Å². The number of carbonyl (C=O) groups excluding carboxylic acids is 1. The third-order valence-electron chi connectivity index (χ3n) is 3.24. The van der Waals surface area contributed by atoms with Gasteiger partial charge in [-0.1, -0.05) is 30.3 Å². The molecule has 1 aliphatic rings. The summed E-state index contributed by atoms with van der Waals surface area (Å²) in [6, 6.07) is 11.8. The van der Waals surface area contributed by atoms with Crippen LogP contribution < -0.4 is 0 Å².